The standard InChI is InChI=1S/C12H20N4O4/c1-3-5-9-11(12(18)19)14-15-16(9)8-10(17)13-6-4-7-20-2/h3-8H2,1-2H3,(H,13,17)(H,18,19). The number of amides is 1. The van der Waals surface area contributed by atoms with Gasteiger partial charge >= 0.3 is 5.97 Å². The van der Waals surface area contributed by atoms with Crippen molar-refractivity contribution in [3.63, 3.8) is 0 Å². The minimum atomic E-state index is -1.12. The number of ether oxygens (including phenoxy) is 1. The minimum absolute atomic E-state index is 0.0252. The second kappa shape index (κ2) is 8.26. The lowest BCUT2D eigenvalue weighted by molar-refractivity contribution is -0.121. The van der Waals surface area contributed by atoms with Crippen molar-refractivity contribution >= 4 is 11.9 Å². The average Bonchev–Trinajstić information content (AvgIpc) is 2.78. The van der Waals surface area contributed by atoms with Gasteiger partial charge in [-0.3, -0.25) is 4.79 Å². The van der Waals surface area contributed by atoms with Crippen LogP contribution in [0.15, 0.2) is 0 Å². The van der Waals surface area contributed by atoms with E-state index >= 15 is 0 Å². The lowest BCUT2D eigenvalue weighted by Gasteiger charge is -2.07. The first kappa shape index (κ1) is 16.1. The quantitative estimate of drug-likeness (QED) is 0.622. The highest BCUT2D eigenvalue weighted by atomic mass is 16.5. The molecule has 0 aliphatic heterocycles. The summed E-state index contributed by atoms with van der Waals surface area (Å²) in [6, 6.07) is 0. The summed E-state index contributed by atoms with van der Waals surface area (Å²) < 4.78 is 6.22. The molecule has 1 amide bonds. The Bertz CT molecular complexity index is 458. The first-order chi connectivity index (χ1) is 9.60. The summed E-state index contributed by atoms with van der Waals surface area (Å²) in [7, 11) is 1.60. The number of hydrogen-bond acceptors (Lipinski definition) is 5. The maximum Gasteiger partial charge on any atom is 0.358 e. The van der Waals surface area contributed by atoms with E-state index in [1.165, 1.54) is 4.68 Å². The highest BCUT2D eigenvalue weighted by Crippen LogP contribution is 2.08. The molecular weight excluding hydrogens is 264 g/mol. The third-order valence-electron chi connectivity index (χ3n) is 2.67. The van der Waals surface area contributed by atoms with E-state index < -0.39 is 5.97 Å². The Kier molecular flexibility index (Phi) is 6.65. The molecule has 8 heteroatoms. The van der Waals surface area contributed by atoms with Crippen molar-refractivity contribution in [2.75, 3.05) is 20.3 Å². The highest BCUT2D eigenvalue weighted by Gasteiger charge is 2.19. The van der Waals surface area contributed by atoms with Crippen LogP contribution in [0.2, 0.25) is 0 Å². The van der Waals surface area contributed by atoms with Crippen LogP contribution in [0.5, 0.6) is 0 Å². The van der Waals surface area contributed by atoms with Crippen molar-refractivity contribution in [2.45, 2.75) is 32.7 Å². The first-order valence-electron chi connectivity index (χ1n) is 6.51. The molecule has 8 nitrogen and oxygen atoms in total. The summed E-state index contributed by atoms with van der Waals surface area (Å²) in [5, 5.41) is 19.1. The first-order valence-corrected chi connectivity index (χ1v) is 6.51. The number of carbonyl (C=O) groups excluding carboxylic acids is 1. The number of carboxylic acids is 1. The number of carboxylic acid groups (broad SMARTS) is 1. The molecule has 0 bridgehead atoms. The third-order valence-corrected chi connectivity index (χ3v) is 2.67. The summed E-state index contributed by atoms with van der Waals surface area (Å²) in [4.78, 5) is 22.7. The summed E-state index contributed by atoms with van der Waals surface area (Å²) in [5.41, 5.74) is 0.395. The van der Waals surface area contributed by atoms with Crippen LogP contribution in [-0.4, -0.2) is 52.2 Å². The Hall–Kier alpha value is -1.96. The fourth-order valence-corrected chi connectivity index (χ4v) is 1.75. The molecule has 0 fully saturated rings. The number of methoxy groups -OCH3 is 1. The number of carbonyl (C=O) groups is 2. The summed E-state index contributed by atoms with van der Waals surface area (Å²) in [6.45, 7) is 2.99. The molecule has 0 atom stereocenters. The van der Waals surface area contributed by atoms with Crippen molar-refractivity contribution < 1.29 is 19.4 Å². The van der Waals surface area contributed by atoms with Crippen molar-refractivity contribution in [3.8, 4) is 0 Å². The second-order valence-electron chi connectivity index (χ2n) is 4.29. The van der Waals surface area contributed by atoms with Crippen molar-refractivity contribution in [2.24, 2.45) is 0 Å². The van der Waals surface area contributed by atoms with E-state index in [9.17, 15) is 9.59 Å². The summed E-state index contributed by atoms with van der Waals surface area (Å²) in [5.74, 6) is -1.35. The van der Waals surface area contributed by atoms with Crippen molar-refractivity contribution in [3.05, 3.63) is 11.4 Å². The fraction of sp³-hybridized carbons (Fsp3) is 0.667. The smallest absolute Gasteiger partial charge is 0.358 e. The molecule has 1 aromatic rings. The number of nitrogens with zero attached hydrogens (tertiary/aromatic N) is 3. The highest BCUT2D eigenvalue weighted by molar-refractivity contribution is 5.86. The van der Waals surface area contributed by atoms with Gasteiger partial charge < -0.3 is 15.2 Å². The van der Waals surface area contributed by atoms with E-state index in [0.717, 1.165) is 12.8 Å². The lowest BCUT2D eigenvalue weighted by atomic mass is 10.2. The number of nitrogens with one attached hydrogen (secondary N) is 1. The predicted molar refractivity (Wildman–Crippen MR) is 70.5 cm³/mol. The Morgan fingerprint density at radius 1 is 1.45 bits per heavy atom. The maximum absolute atomic E-state index is 11.7. The molecule has 1 heterocycles. The molecule has 0 aliphatic carbocycles. The Balaban J connectivity index is 2.62. The van der Waals surface area contributed by atoms with Crippen LogP contribution in [0.4, 0.5) is 0 Å². The van der Waals surface area contributed by atoms with E-state index in [4.69, 9.17) is 9.84 Å². The second-order valence-corrected chi connectivity index (χ2v) is 4.29. The average molecular weight is 284 g/mol. The van der Waals surface area contributed by atoms with Gasteiger partial charge in [0.1, 0.15) is 6.54 Å². The lowest BCUT2D eigenvalue weighted by Crippen LogP contribution is -2.30. The molecule has 0 spiro atoms. The van der Waals surface area contributed by atoms with Crippen LogP contribution in [0, 0.1) is 0 Å². The van der Waals surface area contributed by atoms with Crippen LogP contribution in [-0.2, 0) is 22.5 Å². The van der Waals surface area contributed by atoms with Gasteiger partial charge in [0.25, 0.3) is 0 Å². The zero-order valence-corrected chi connectivity index (χ0v) is 11.8. The van der Waals surface area contributed by atoms with Gasteiger partial charge in [-0.2, -0.15) is 0 Å². The van der Waals surface area contributed by atoms with Crippen LogP contribution < -0.4 is 5.32 Å². The van der Waals surface area contributed by atoms with Gasteiger partial charge in [-0.25, -0.2) is 9.48 Å². The molecular formula is C12H20N4O4. The van der Waals surface area contributed by atoms with Crippen LogP contribution >= 0.6 is 0 Å². The molecule has 0 saturated heterocycles. The molecule has 0 unspecified atom stereocenters. The van der Waals surface area contributed by atoms with E-state index in [0.29, 0.717) is 25.3 Å². The van der Waals surface area contributed by atoms with Crippen molar-refractivity contribution in [1.82, 2.24) is 20.3 Å². The van der Waals surface area contributed by atoms with Gasteiger partial charge in [0.15, 0.2) is 5.69 Å². The molecule has 112 valence electrons. The number of aromatic nitrogens is 3. The number of aromatic carboxylic acids is 1. The zero-order valence-electron chi connectivity index (χ0n) is 11.8. The van der Waals surface area contributed by atoms with E-state index in [2.05, 4.69) is 15.6 Å². The van der Waals surface area contributed by atoms with Gasteiger partial charge in [0.05, 0.1) is 5.69 Å². The molecule has 2 N–H and O–H groups in total. The van der Waals surface area contributed by atoms with Gasteiger partial charge in [-0.05, 0) is 12.8 Å². The normalized spacial score (nSPS) is 10.5. The molecule has 0 aliphatic rings. The van der Waals surface area contributed by atoms with Gasteiger partial charge in [-0.1, -0.05) is 18.6 Å². The Morgan fingerprint density at radius 3 is 2.80 bits per heavy atom. The number of rotatable bonds is 9. The van der Waals surface area contributed by atoms with Gasteiger partial charge in [-0.15, -0.1) is 5.10 Å². The van der Waals surface area contributed by atoms with Crippen molar-refractivity contribution in [1.29, 1.82) is 0 Å². The molecule has 20 heavy (non-hydrogen) atoms. The molecule has 1 aromatic heterocycles. The van der Waals surface area contributed by atoms with Crippen LogP contribution in [0.3, 0.4) is 0 Å². The zero-order chi connectivity index (χ0) is 15.0. The summed E-state index contributed by atoms with van der Waals surface area (Å²) in [6.07, 6.45) is 2.00. The third kappa shape index (κ3) is 4.61. The Labute approximate surface area is 117 Å². The summed E-state index contributed by atoms with van der Waals surface area (Å²) >= 11 is 0. The van der Waals surface area contributed by atoms with E-state index in [1.54, 1.807) is 7.11 Å². The minimum Gasteiger partial charge on any atom is -0.476 e. The van der Waals surface area contributed by atoms with E-state index in [-0.39, 0.29) is 18.1 Å². The monoisotopic (exact) mass is 284 g/mol. The van der Waals surface area contributed by atoms with Gasteiger partial charge in [0.2, 0.25) is 5.91 Å². The molecule has 0 radical (unpaired) electrons. The Morgan fingerprint density at radius 2 is 2.20 bits per heavy atom. The van der Waals surface area contributed by atoms with E-state index in [1.807, 2.05) is 6.92 Å². The maximum atomic E-state index is 11.7. The number of hydrogen-bond donors (Lipinski definition) is 2. The van der Waals surface area contributed by atoms with Crippen LogP contribution in [0.25, 0.3) is 0 Å². The molecule has 0 aromatic carbocycles. The SMILES string of the molecule is CCCc1c(C(=O)O)nnn1CC(=O)NCCCOC. The van der Waals surface area contributed by atoms with Crippen LogP contribution in [0.1, 0.15) is 35.9 Å². The molecule has 1 rings (SSSR count). The topological polar surface area (TPSA) is 106 Å². The van der Waals surface area contributed by atoms with Gasteiger partial charge in [0, 0.05) is 20.3 Å². The predicted octanol–water partition coefficient (Wildman–Crippen LogP) is 0.0815. The largest absolute Gasteiger partial charge is 0.476 e. The molecule has 0 saturated carbocycles. The fourth-order valence-electron chi connectivity index (χ4n) is 1.75.